The predicted molar refractivity (Wildman–Crippen MR) is 147 cm³/mol. The number of hydrogen-bond acceptors (Lipinski definition) is 7. The van der Waals surface area contributed by atoms with Crippen LogP contribution in [0.2, 0.25) is 0 Å². The summed E-state index contributed by atoms with van der Waals surface area (Å²) in [5, 5.41) is 9.99. The van der Waals surface area contributed by atoms with Gasteiger partial charge in [0.15, 0.2) is 5.65 Å². The number of aryl methyl sites for hydroxylation is 2. The highest BCUT2D eigenvalue weighted by Crippen LogP contribution is 2.34. The molecule has 9 heteroatoms. The van der Waals surface area contributed by atoms with Gasteiger partial charge in [0.2, 0.25) is 5.95 Å². The van der Waals surface area contributed by atoms with E-state index in [2.05, 4.69) is 68.7 Å². The molecule has 0 atom stereocenters. The normalized spacial score (nSPS) is 14.8. The molecule has 1 aliphatic rings. The standard InChI is InChI=1S/C27H38N8O/c1-18(2)30-27(36)33-25-22(23-19(3)8-6-9-20(23)4)16-21-17-29-26(32-24(21)31-25)28-10-7-11-35-14-12-34(5)13-15-35/h6,8-9,16-18H,7,10-15H2,1-5H3,(H3,28,29,30,31,32,33,36). The third-order valence-electron chi connectivity index (χ3n) is 6.50. The number of rotatable bonds is 8. The molecule has 3 N–H and O–H groups in total. The SMILES string of the molecule is Cc1cccc(C)c1-c1cc2cnc(NCCCN3CCN(C)CC3)nc2nc1NC(=O)NC(C)C. The molecule has 36 heavy (non-hydrogen) atoms. The molecular formula is C27H38N8O. The van der Waals surface area contributed by atoms with Crippen LogP contribution in [0, 0.1) is 13.8 Å². The zero-order chi connectivity index (χ0) is 25.7. The first kappa shape index (κ1) is 25.8. The van der Waals surface area contributed by atoms with Crippen molar-refractivity contribution in [1.82, 2.24) is 30.1 Å². The zero-order valence-corrected chi connectivity index (χ0v) is 22.1. The number of amides is 2. The molecule has 2 aromatic heterocycles. The maximum absolute atomic E-state index is 12.6. The summed E-state index contributed by atoms with van der Waals surface area (Å²) in [4.78, 5) is 31.4. The van der Waals surface area contributed by atoms with Crippen molar-refractivity contribution in [3.8, 4) is 11.1 Å². The average molecular weight is 491 g/mol. The van der Waals surface area contributed by atoms with E-state index in [0.717, 1.165) is 73.3 Å². The highest BCUT2D eigenvalue weighted by Gasteiger charge is 2.17. The van der Waals surface area contributed by atoms with Gasteiger partial charge >= 0.3 is 6.03 Å². The summed E-state index contributed by atoms with van der Waals surface area (Å²) in [5.74, 6) is 1.03. The summed E-state index contributed by atoms with van der Waals surface area (Å²) in [5.41, 5.74) is 4.68. The summed E-state index contributed by atoms with van der Waals surface area (Å²) in [7, 11) is 2.17. The number of nitrogens with one attached hydrogen (secondary N) is 3. The minimum Gasteiger partial charge on any atom is -0.354 e. The van der Waals surface area contributed by atoms with Gasteiger partial charge in [0.1, 0.15) is 5.82 Å². The molecule has 1 aromatic carbocycles. The number of hydrogen-bond donors (Lipinski definition) is 3. The van der Waals surface area contributed by atoms with E-state index in [1.165, 1.54) is 0 Å². The van der Waals surface area contributed by atoms with E-state index in [-0.39, 0.29) is 12.1 Å². The van der Waals surface area contributed by atoms with Crippen LogP contribution < -0.4 is 16.0 Å². The third kappa shape index (κ3) is 6.47. The van der Waals surface area contributed by atoms with Crippen LogP contribution in [-0.4, -0.2) is 83.1 Å². The molecule has 0 bridgehead atoms. The van der Waals surface area contributed by atoms with Crippen molar-refractivity contribution in [1.29, 1.82) is 0 Å². The van der Waals surface area contributed by atoms with E-state index >= 15 is 0 Å². The van der Waals surface area contributed by atoms with Crippen LogP contribution in [0.3, 0.4) is 0 Å². The Labute approximate surface area is 213 Å². The first-order valence-corrected chi connectivity index (χ1v) is 12.8. The first-order chi connectivity index (χ1) is 17.3. The highest BCUT2D eigenvalue weighted by atomic mass is 16.2. The smallest absolute Gasteiger partial charge is 0.320 e. The first-order valence-electron chi connectivity index (χ1n) is 12.8. The summed E-state index contributed by atoms with van der Waals surface area (Å²) < 4.78 is 0. The number of aromatic nitrogens is 3. The van der Waals surface area contributed by atoms with Crippen molar-refractivity contribution in [3.63, 3.8) is 0 Å². The number of nitrogens with zero attached hydrogens (tertiary/aromatic N) is 5. The van der Waals surface area contributed by atoms with Gasteiger partial charge in [-0.15, -0.1) is 0 Å². The zero-order valence-electron chi connectivity index (χ0n) is 22.1. The lowest BCUT2D eigenvalue weighted by Crippen LogP contribution is -2.44. The minimum atomic E-state index is -0.291. The molecule has 2 amide bonds. The van der Waals surface area contributed by atoms with Crippen molar-refractivity contribution < 1.29 is 4.79 Å². The largest absolute Gasteiger partial charge is 0.354 e. The van der Waals surface area contributed by atoms with E-state index in [4.69, 9.17) is 4.98 Å². The van der Waals surface area contributed by atoms with Gasteiger partial charge in [-0.1, -0.05) is 18.2 Å². The number of fused-ring (bicyclic) bond motifs is 1. The number of likely N-dealkylation sites (N-methyl/N-ethyl adjacent to an activating group) is 1. The maximum atomic E-state index is 12.6. The van der Waals surface area contributed by atoms with Crippen LogP contribution in [0.5, 0.6) is 0 Å². The minimum absolute atomic E-state index is 0.0121. The molecule has 0 spiro atoms. The summed E-state index contributed by atoms with van der Waals surface area (Å²) in [6.07, 6.45) is 2.82. The lowest BCUT2D eigenvalue weighted by atomic mass is 9.95. The van der Waals surface area contributed by atoms with Gasteiger partial charge in [-0.3, -0.25) is 5.32 Å². The molecule has 1 saturated heterocycles. The monoisotopic (exact) mass is 490 g/mol. The van der Waals surface area contributed by atoms with Crippen molar-refractivity contribution in [3.05, 3.63) is 41.6 Å². The number of carbonyl (C=O) groups is 1. The predicted octanol–water partition coefficient (Wildman–Crippen LogP) is 3.89. The molecule has 1 aliphatic heterocycles. The number of urea groups is 1. The van der Waals surface area contributed by atoms with Crippen molar-refractivity contribution in [2.24, 2.45) is 0 Å². The molecule has 0 saturated carbocycles. The number of pyridine rings is 1. The topological polar surface area (TPSA) is 98.3 Å². The fraction of sp³-hybridized carbons (Fsp3) is 0.481. The quantitative estimate of drug-likeness (QED) is 0.412. The van der Waals surface area contributed by atoms with Crippen LogP contribution in [0.25, 0.3) is 22.2 Å². The summed E-state index contributed by atoms with van der Waals surface area (Å²) in [6.45, 7) is 14.3. The Morgan fingerprint density at radius 2 is 1.81 bits per heavy atom. The average Bonchev–Trinajstić information content (AvgIpc) is 2.82. The Balaban J connectivity index is 1.54. The molecule has 1 fully saturated rings. The van der Waals surface area contributed by atoms with Gasteiger partial charge in [0.25, 0.3) is 0 Å². The Morgan fingerprint density at radius 1 is 1.08 bits per heavy atom. The highest BCUT2D eigenvalue weighted by molar-refractivity contribution is 5.97. The summed E-state index contributed by atoms with van der Waals surface area (Å²) >= 11 is 0. The lowest BCUT2D eigenvalue weighted by molar-refractivity contribution is 0.154. The van der Waals surface area contributed by atoms with Crippen LogP contribution >= 0.6 is 0 Å². The second kappa shape index (κ2) is 11.6. The molecule has 3 aromatic rings. The van der Waals surface area contributed by atoms with Gasteiger partial charge in [-0.2, -0.15) is 4.98 Å². The number of carbonyl (C=O) groups excluding carboxylic acids is 1. The van der Waals surface area contributed by atoms with Crippen LogP contribution in [-0.2, 0) is 0 Å². The fourth-order valence-corrected chi connectivity index (χ4v) is 4.55. The second-order valence-electron chi connectivity index (χ2n) is 9.94. The molecule has 0 radical (unpaired) electrons. The van der Waals surface area contributed by atoms with Gasteiger partial charge in [0, 0.05) is 55.9 Å². The van der Waals surface area contributed by atoms with Crippen LogP contribution in [0.15, 0.2) is 30.5 Å². The van der Waals surface area contributed by atoms with Crippen molar-refractivity contribution in [2.45, 2.75) is 40.2 Å². The van der Waals surface area contributed by atoms with Crippen molar-refractivity contribution >= 4 is 28.8 Å². The Bertz CT molecular complexity index is 1180. The number of anilines is 2. The van der Waals surface area contributed by atoms with Crippen LogP contribution in [0.1, 0.15) is 31.4 Å². The van der Waals surface area contributed by atoms with Gasteiger partial charge < -0.3 is 20.4 Å². The molecule has 3 heterocycles. The lowest BCUT2D eigenvalue weighted by Gasteiger charge is -2.32. The van der Waals surface area contributed by atoms with E-state index < -0.39 is 0 Å². The maximum Gasteiger partial charge on any atom is 0.320 e. The molecule has 0 unspecified atom stereocenters. The van der Waals surface area contributed by atoms with E-state index in [1.807, 2.05) is 26.0 Å². The molecule has 192 valence electrons. The van der Waals surface area contributed by atoms with E-state index in [9.17, 15) is 4.79 Å². The Morgan fingerprint density at radius 3 is 2.50 bits per heavy atom. The van der Waals surface area contributed by atoms with Gasteiger partial charge in [-0.25, -0.2) is 14.8 Å². The van der Waals surface area contributed by atoms with Gasteiger partial charge in [0.05, 0.1) is 0 Å². The van der Waals surface area contributed by atoms with Gasteiger partial charge in [-0.05, 0) is 70.5 Å². The second-order valence-corrected chi connectivity index (χ2v) is 9.94. The molecular weight excluding hydrogens is 452 g/mol. The number of benzene rings is 1. The third-order valence-corrected chi connectivity index (χ3v) is 6.50. The fourth-order valence-electron chi connectivity index (χ4n) is 4.55. The van der Waals surface area contributed by atoms with Crippen molar-refractivity contribution in [2.75, 3.05) is 56.9 Å². The Hall–Kier alpha value is -3.30. The van der Waals surface area contributed by atoms with E-state index in [1.54, 1.807) is 6.20 Å². The Kier molecular flexibility index (Phi) is 8.32. The number of piperazine rings is 1. The van der Waals surface area contributed by atoms with Crippen LogP contribution in [0.4, 0.5) is 16.6 Å². The molecule has 9 nitrogen and oxygen atoms in total. The van der Waals surface area contributed by atoms with E-state index in [0.29, 0.717) is 17.4 Å². The summed E-state index contributed by atoms with van der Waals surface area (Å²) in [6, 6.07) is 7.90. The molecule has 0 aliphatic carbocycles. The molecule has 4 rings (SSSR count).